The third kappa shape index (κ3) is 2.53. The Balaban J connectivity index is 2.10. The number of hydrogen-bond acceptors (Lipinski definition) is 3. The number of aliphatic hydroxyl groups excluding tert-OH is 1. The number of pyridine rings is 1. The van der Waals surface area contributed by atoms with Gasteiger partial charge in [0, 0.05) is 11.8 Å². The molecular weight excluding hydrogens is 290 g/mol. The number of aliphatic hydroxyl groups is 1. The van der Waals surface area contributed by atoms with Crippen molar-refractivity contribution in [2.24, 2.45) is 0 Å². The maximum absolute atomic E-state index is 12.5. The quantitative estimate of drug-likeness (QED) is 0.804. The van der Waals surface area contributed by atoms with Gasteiger partial charge in [-0.05, 0) is 25.1 Å². The van der Waals surface area contributed by atoms with Crippen LogP contribution in [0.25, 0.3) is 5.65 Å². The average molecular weight is 304 g/mol. The number of hydrogen-bond donors (Lipinski definition) is 1. The Morgan fingerprint density at radius 3 is 2.64 bits per heavy atom. The molecule has 0 aliphatic carbocycles. The van der Waals surface area contributed by atoms with E-state index in [1.165, 1.54) is 6.07 Å². The molecule has 114 valence electrons. The fourth-order valence-electron chi connectivity index (χ4n) is 2.52. The van der Waals surface area contributed by atoms with E-state index in [0.717, 1.165) is 0 Å². The Bertz CT molecular complexity index is 802. The van der Waals surface area contributed by atoms with Crippen molar-refractivity contribution >= 4 is 5.65 Å². The van der Waals surface area contributed by atoms with Gasteiger partial charge in [-0.15, -0.1) is 0 Å². The lowest BCUT2D eigenvalue weighted by atomic mass is 10.0. The number of aromatic nitrogens is 2. The molecule has 0 spiro atoms. The van der Waals surface area contributed by atoms with Crippen LogP contribution >= 0.6 is 0 Å². The monoisotopic (exact) mass is 304 g/mol. The largest absolute Gasteiger partial charge is 0.434 e. The summed E-state index contributed by atoms with van der Waals surface area (Å²) in [5, 5.41) is 10.7. The summed E-state index contributed by atoms with van der Waals surface area (Å²) in [5.74, 6) is -0.0460. The van der Waals surface area contributed by atoms with Gasteiger partial charge in [0.1, 0.15) is 17.5 Å². The zero-order valence-electron chi connectivity index (χ0n) is 11.8. The van der Waals surface area contributed by atoms with Crippen molar-refractivity contribution in [3.05, 3.63) is 65.6 Å². The summed E-state index contributed by atoms with van der Waals surface area (Å²) in [7, 11) is 0. The zero-order chi connectivity index (χ0) is 15.7. The molecule has 1 atom stereocenters. The molecule has 0 radical (unpaired) electrons. The van der Waals surface area contributed by atoms with Gasteiger partial charge >= 0.3 is 6.61 Å². The van der Waals surface area contributed by atoms with Crippen molar-refractivity contribution in [2.45, 2.75) is 19.6 Å². The molecular formula is C16H14F2N2O2. The second kappa shape index (κ2) is 5.73. The van der Waals surface area contributed by atoms with Crippen LogP contribution in [0.2, 0.25) is 0 Å². The molecule has 0 aliphatic heterocycles. The normalized spacial score (nSPS) is 12.8. The lowest BCUT2D eigenvalue weighted by Crippen LogP contribution is -2.10. The van der Waals surface area contributed by atoms with E-state index in [-0.39, 0.29) is 11.3 Å². The first-order chi connectivity index (χ1) is 10.6. The molecule has 1 N–H and O–H groups in total. The van der Waals surface area contributed by atoms with Gasteiger partial charge in [0.25, 0.3) is 0 Å². The van der Waals surface area contributed by atoms with Crippen LogP contribution in [0.3, 0.4) is 0 Å². The summed E-state index contributed by atoms with van der Waals surface area (Å²) in [6.07, 6.45) is 0.650. The highest BCUT2D eigenvalue weighted by Crippen LogP contribution is 2.32. The first kappa shape index (κ1) is 14.5. The molecule has 0 bridgehead atoms. The number of nitrogens with zero attached hydrogens (tertiary/aromatic N) is 2. The molecule has 3 aromatic rings. The number of ether oxygens (including phenoxy) is 1. The summed E-state index contributed by atoms with van der Waals surface area (Å²) in [4.78, 5) is 4.36. The molecule has 1 aromatic carbocycles. The zero-order valence-corrected chi connectivity index (χ0v) is 11.8. The molecule has 3 rings (SSSR count). The Labute approximate surface area is 125 Å². The minimum absolute atomic E-state index is 0.0460. The molecule has 0 aliphatic rings. The molecule has 4 nitrogen and oxygen atoms in total. The van der Waals surface area contributed by atoms with Crippen molar-refractivity contribution in [2.75, 3.05) is 0 Å². The highest BCUT2D eigenvalue weighted by molar-refractivity contribution is 5.47. The Kier molecular flexibility index (Phi) is 3.77. The number of alkyl halides is 2. The predicted octanol–water partition coefficient (Wildman–Crippen LogP) is 3.33. The number of halogens is 2. The third-order valence-electron chi connectivity index (χ3n) is 3.44. The Morgan fingerprint density at radius 1 is 1.14 bits per heavy atom. The minimum atomic E-state index is -2.95. The standard InChI is InChI=1S/C16H14F2N2O2/c1-10-14(20-9-5-4-8-13(20)19-10)15(21)11-6-2-3-7-12(11)22-16(17)18/h2-9,15-16,21H,1H3. The highest BCUT2D eigenvalue weighted by atomic mass is 19.3. The number of aryl methyl sites for hydroxylation is 1. The van der Waals surface area contributed by atoms with Gasteiger partial charge in [-0.3, -0.25) is 0 Å². The minimum Gasteiger partial charge on any atom is -0.434 e. The van der Waals surface area contributed by atoms with Gasteiger partial charge in [-0.25, -0.2) is 4.98 Å². The van der Waals surface area contributed by atoms with Crippen molar-refractivity contribution < 1.29 is 18.6 Å². The van der Waals surface area contributed by atoms with E-state index >= 15 is 0 Å². The van der Waals surface area contributed by atoms with Crippen LogP contribution in [-0.4, -0.2) is 21.1 Å². The van der Waals surface area contributed by atoms with Crippen LogP contribution in [0.5, 0.6) is 5.75 Å². The SMILES string of the molecule is Cc1nc2ccccn2c1C(O)c1ccccc1OC(F)F. The van der Waals surface area contributed by atoms with Crippen molar-refractivity contribution in [3.63, 3.8) is 0 Å². The van der Waals surface area contributed by atoms with Gasteiger partial charge in [-0.2, -0.15) is 8.78 Å². The van der Waals surface area contributed by atoms with E-state index in [1.54, 1.807) is 35.7 Å². The number of para-hydroxylation sites is 1. The van der Waals surface area contributed by atoms with E-state index in [4.69, 9.17) is 0 Å². The predicted molar refractivity (Wildman–Crippen MR) is 77.1 cm³/mol. The topological polar surface area (TPSA) is 46.8 Å². The van der Waals surface area contributed by atoms with Gasteiger partial charge in [0.15, 0.2) is 0 Å². The van der Waals surface area contributed by atoms with Crippen LogP contribution < -0.4 is 4.74 Å². The van der Waals surface area contributed by atoms with E-state index in [0.29, 0.717) is 17.0 Å². The summed E-state index contributed by atoms with van der Waals surface area (Å²) in [6.45, 7) is -1.18. The van der Waals surface area contributed by atoms with Crippen molar-refractivity contribution in [1.29, 1.82) is 0 Å². The number of fused-ring (bicyclic) bond motifs is 1. The van der Waals surface area contributed by atoms with Gasteiger partial charge < -0.3 is 14.2 Å². The number of rotatable bonds is 4. The number of imidazole rings is 1. The van der Waals surface area contributed by atoms with E-state index < -0.39 is 12.7 Å². The summed E-state index contributed by atoms with van der Waals surface area (Å²) in [6, 6.07) is 11.7. The second-order valence-electron chi connectivity index (χ2n) is 4.83. The third-order valence-corrected chi connectivity index (χ3v) is 3.44. The van der Waals surface area contributed by atoms with E-state index in [2.05, 4.69) is 9.72 Å². The van der Waals surface area contributed by atoms with E-state index in [1.807, 2.05) is 18.2 Å². The Hall–Kier alpha value is -2.47. The smallest absolute Gasteiger partial charge is 0.387 e. The fraction of sp³-hybridized carbons (Fsp3) is 0.188. The lowest BCUT2D eigenvalue weighted by Gasteiger charge is -2.16. The van der Waals surface area contributed by atoms with Crippen LogP contribution in [0.4, 0.5) is 8.78 Å². The maximum atomic E-state index is 12.5. The van der Waals surface area contributed by atoms with Crippen molar-refractivity contribution in [3.8, 4) is 5.75 Å². The Morgan fingerprint density at radius 2 is 1.86 bits per heavy atom. The van der Waals surface area contributed by atoms with Gasteiger partial charge in [0.05, 0.1) is 11.4 Å². The highest BCUT2D eigenvalue weighted by Gasteiger charge is 2.22. The lowest BCUT2D eigenvalue weighted by molar-refractivity contribution is -0.0513. The molecule has 0 amide bonds. The molecule has 2 heterocycles. The maximum Gasteiger partial charge on any atom is 0.387 e. The van der Waals surface area contributed by atoms with Crippen LogP contribution in [-0.2, 0) is 0 Å². The van der Waals surface area contributed by atoms with Gasteiger partial charge in [0.2, 0.25) is 0 Å². The summed E-state index contributed by atoms with van der Waals surface area (Å²) >= 11 is 0. The molecule has 22 heavy (non-hydrogen) atoms. The second-order valence-corrected chi connectivity index (χ2v) is 4.83. The molecule has 1 unspecified atom stereocenters. The molecule has 6 heteroatoms. The fourth-order valence-corrected chi connectivity index (χ4v) is 2.52. The first-order valence-electron chi connectivity index (χ1n) is 6.73. The molecule has 0 saturated carbocycles. The first-order valence-corrected chi connectivity index (χ1v) is 6.73. The molecule has 2 aromatic heterocycles. The van der Waals surface area contributed by atoms with Crippen LogP contribution in [0.15, 0.2) is 48.7 Å². The van der Waals surface area contributed by atoms with Crippen molar-refractivity contribution in [1.82, 2.24) is 9.38 Å². The number of benzene rings is 1. The van der Waals surface area contributed by atoms with Crippen LogP contribution in [0.1, 0.15) is 23.1 Å². The average Bonchev–Trinajstić information content (AvgIpc) is 2.82. The molecule has 0 fully saturated rings. The van der Waals surface area contributed by atoms with E-state index in [9.17, 15) is 13.9 Å². The molecule has 0 saturated heterocycles. The summed E-state index contributed by atoms with van der Waals surface area (Å²) in [5.41, 5.74) is 2.12. The summed E-state index contributed by atoms with van der Waals surface area (Å²) < 4.78 is 31.3. The van der Waals surface area contributed by atoms with Gasteiger partial charge in [-0.1, -0.05) is 24.3 Å². The van der Waals surface area contributed by atoms with Crippen LogP contribution in [0, 0.1) is 6.92 Å².